The fourth-order valence-corrected chi connectivity index (χ4v) is 2.45. The zero-order valence-electron chi connectivity index (χ0n) is 11.8. The molecule has 5 nitrogen and oxygen atoms in total. The van der Waals surface area contributed by atoms with Gasteiger partial charge in [-0.3, -0.25) is 4.79 Å². The summed E-state index contributed by atoms with van der Waals surface area (Å²) in [5, 5.41) is 0. The Morgan fingerprint density at radius 1 is 1.05 bits per heavy atom. The lowest BCUT2D eigenvalue weighted by Gasteiger charge is -2.02. The van der Waals surface area contributed by atoms with Crippen molar-refractivity contribution in [3.05, 3.63) is 53.3 Å². The second-order valence-corrected chi connectivity index (χ2v) is 4.91. The minimum Gasteiger partial charge on any atom is -0.497 e. The van der Waals surface area contributed by atoms with E-state index in [-0.39, 0.29) is 18.3 Å². The number of benzene rings is 2. The molecule has 0 fully saturated rings. The van der Waals surface area contributed by atoms with E-state index in [1.165, 1.54) is 0 Å². The third-order valence-corrected chi connectivity index (χ3v) is 3.57. The number of fused-ring (bicyclic) bond motifs is 2. The van der Waals surface area contributed by atoms with E-state index in [1.54, 1.807) is 31.4 Å². The number of rotatable bonds is 2. The highest BCUT2D eigenvalue weighted by atomic mass is 16.7. The Morgan fingerprint density at radius 3 is 2.77 bits per heavy atom. The average molecular weight is 296 g/mol. The first-order valence-corrected chi connectivity index (χ1v) is 6.76. The lowest BCUT2D eigenvalue weighted by molar-refractivity contribution is 0.101. The van der Waals surface area contributed by atoms with Gasteiger partial charge >= 0.3 is 0 Å². The van der Waals surface area contributed by atoms with Crippen molar-refractivity contribution < 1.29 is 23.7 Å². The minimum absolute atomic E-state index is 0.143. The molecule has 4 rings (SSSR count). The van der Waals surface area contributed by atoms with Gasteiger partial charge in [-0.25, -0.2) is 0 Å². The Labute approximate surface area is 126 Å². The number of ketones is 1. The highest BCUT2D eigenvalue weighted by Gasteiger charge is 2.27. The zero-order valence-corrected chi connectivity index (χ0v) is 11.8. The smallest absolute Gasteiger partial charge is 0.231 e. The molecule has 0 saturated heterocycles. The van der Waals surface area contributed by atoms with Gasteiger partial charge in [0, 0.05) is 6.07 Å². The van der Waals surface area contributed by atoms with Gasteiger partial charge in [0.25, 0.3) is 0 Å². The van der Waals surface area contributed by atoms with Crippen LogP contribution in [0.4, 0.5) is 0 Å². The van der Waals surface area contributed by atoms with E-state index in [4.69, 9.17) is 18.9 Å². The molecule has 0 aromatic heterocycles. The van der Waals surface area contributed by atoms with Crippen molar-refractivity contribution in [2.75, 3.05) is 13.9 Å². The lowest BCUT2D eigenvalue weighted by atomic mass is 10.1. The predicted octanol–water partition coefficient (Wildman–Crippen LogP) is 3.04. The number of carbonyl (C=O) groups is 1. The lowest BCUT2D eigenvalue weighted by Crippen LogP contribution is -1.98. The van der Waals surface area contributed by atoms with E-state index < -0.39 is 0 Å². The largest absolute Gasteiger partial charge is 0.497 e. The van der Waals surface area contributed by atoms with Gasteiger partial charge < -0.3 is 18.9 Å². The maximum absolute atomic E-state index is 12.3. The van der Waals surface area contributed by atoms with Crippen LogP contribution in [0.2, 0.25) is 0 Å². The highest BCUT2D eigenvalue weighted by Crippen LogP contribution is 2.36. The summed E-state index contributed by atoms with van der Waals surface area (Å²) in [7, 11) is 1.57. The van der Waals surface area contributed by atoms with Crippen molar-refractivity contribution >= 4 is 11.9 Å². The van der Waals surface area contributed by atoms with Crippen LogP contribution < -0.4 is 18.9 Å². The van der Waals surface area contributed by atoms with Crippen LogP contribution in [0.15, 0.2) is 42.2 Å². The fraction of sp³-hybridized carbons (Fsp3) is 0.118. The van der Waals surface area contributed by atoms with Crippen LogP contribution in [0.25, 0.3) is 6.08 Å². The number of allylic oxidation sites excluding steroid dienone is 1. The van der Waals surface area contributed by atoms with E-state index in [0.717, 1.165) is 5.56 Å². The first-order valence-electron chi connectivity index (χ1n) is 6.76. The average Bonchev–Trinajstić information content (AvgIpc) is 3.12. The van der Waals surface area contributed by atoms with Crippen LogP contribution in [0.5, 0.6) is 23.0 Å². The molecule has 0 spiro atoms. The molecule has 2 aliphatic rings. The second-order valence-electron chi connectivity index (χ2n) is 4.91. The first-order chi connectivity index (χ1) is 10.7. The van der Waals surface area contributed by atoms with E-state index in [9.17, 15) is 4.79 Å². The summed E-state index contributed by atoms with van der Waals surface area (Å²) in [5.41, 5.74) is 1.35. The number of hydrogen-bond donors (Lipinski definition) is 0. The minimum atomic E-state index is -0.143. The van der Waals surface area contributed by atoms with Gasteiger partial charge in [0.2, 0.25) is 12.6 Å². The Balaban J connectivity index is 1.68. The molecular formula is C17H12O5. The molecular weight excluding hydrogens is 284 g/mol. The van der Waals surface area contributed by atoms with Gasteiger partial charge in [0.1, 0.15) is 11.5 Å². The van der Waals surface area contributed by atoms with E-state index >= 15 is 0 Å². The molecule has 0 radical (unpaired) electrons. The molecule has 5 heteroatoms. The van der Waals surface area contributed by atoms with Crippen LogP contribution in [0.1, 0.15) is 15.9 Å². The molecule has 2 aromatic carbocycles. The zero-order chi connectivity index (χ0) is 15.1. The summed E-state index contributed by atoms with van der Waals surface area (Å²) in [6.45, 7) is 0.218. The molecule has 2 aliphatic heterocycles. The standard InChI is InChI=1S/C17H12O5/c1-19-11-3-4-12-14(8-11)22-16(17(12)18)7-10-2-5-13-15(6-10)21-9-20-13/h2-8H,9H2,1H3. The summed E-state index contributed by atoms with van der Waals surface area (Å²) in [5.74, 6) is 2.66. The Kier molecular flexibility index (Phi) is 2.79. The SMILES string of the molecule is COc1ccc2c(c1)OC(=Cc1ccc3c(c1)OCO3)C2=O. The number of ether oxygens (including phenoxy) is 4. The Bertz CT molecular complexity index is 807. The molecule has 0 N–H and O–H groups in total. The van der Waals surface area contributed by atoms with Gasteiger partial charge in [-0.05, 0) is 35.9 Å². The Morgan fingerprint density at radius 2 is 1.91 bits per heavy atom. The summed E-state index contributed by atoms with van der Waals surface area (Å²) in [6.07, 6.45) is 1.69. The maximum Gasteiger partial charge on any atom is 0.231 e. The molecule has 0 aliphatic carbocycles. The summed E-state index contributed by atoms with van der Waals surface area (Å²) < 4.78 is 21.4. The molecule has 0 amide bonds. The molecule has 110 valence electrons. The number of methoxy groups -OCH3 is 1. The van der Waals surface area contributed by atoms with Crippen LogP contribution in [-0.4, -0.2) is 19.7 Å². The number of carbonyl (C=O) groups excluding carboxylic acids is 1. The van der Waals surface area contributed by atoms with Crippen molar-refractivity contribution in [3.63, 3.8) is 0 Å². The second kappa shape index (κ2) is 4.80. The third kappa shape index (κ3) is 1.98. The molecule has 22 heavy (non-hydrogen) atoms. The van der Waals surface area contributed by atoms with Crippen LogP contribution in [0, 0.1) is 0 Å². The van der Waals surface area contributed by atoms with Crippen LogP contribution in [0.3, 0.4) is 0 Å². The van der Waals surface area contributed by atoms with Gasteiger partial charge in [-0.2, -0.15) is 0 Å². The molecule has 0 saturated carbocycles. The van der Waals surface area contributed by atoms with Crippen molar-refractivity contribution in [1.29, 1.82) is 0 Å². The fourth-order valence-electron chi connectivity index (χ4n) is 2.45. The summed E-state index contributed by atoms with van der Waals surface area (Å²) >= 11 is 0. The van der Waals surface area contributed by atoms with Crippen molar-refractivity contribution in [2.24, 2.45) is 0 Å². The van der Waals surface area contributed by atoms with E-state index in [2.05, 4.69) is 0 Å². The number of Topliss-reactive ketones (excluding diaryl/α,β-unsaturated/α-hetero) is 1. The topological polar surface area (TPSA) is 54.0 Å². The summed E-state index contributed by atoms with van der Waals surface area (Å²) in [4.78, 5) is 12.3. The quantitative estimate of drug-likeness (QED) is 0.797. The highest BCUT2D eigenvalue weighted by molar-refractivity contribution is 6.14. The predicted molar refractivity (Wildman–Crippen MR) is 78.5 cm³/mol. The first kappa shape index (κ1) is 12.8. The molecule has 0 unspecified atom stereocenters. The molecule has 2 heterocycles. The van der Waals surface area contributed by atoms with Crippen molar-refractivity contribution in [1.82, 2.24) is 0 Å². The number of hydrogen-bond acceptors (Lipinski definition) is 5. The van der Waals surface area contributed by atoms with E-state index in [0.29, 0.717) is 28.6 Å². The molecule has 0 bridgehead atoms. The van der Waals surface area contributed by atoms with Crippen LogP contribution >= 0.6 is 0 Å². The normalized spacial score (nSPS) is 16.6. The summed E-state index contributed by atoms with van der Waals surface area (Å²) in [6, 6.07) is 10.6. The monoisotopic (exact) mass is 296 g/mol. The van der Waals surface area contributed by atoms with Crippen molar-refractivity contribution in [3.8, 4) is 23.0 Å². The molecule has 0 atom stereocenters. The van der Waals surface area contributed by atoms with Crippen molar-refractivity contribution in [2.45, 2.75) is 0 Å². The Hall–Kier alpha value is -2.95. The van der Waals surface area contributed by atoms with Gasteiger partial charge in [-0.15, -0.1) is 0 Å². The third-order valence-electron chi connectivity index (χ3n) is 3.57. The van der Waals surface area contributed by atoms with Gasteiger partial charge in [0.15, 0.2) is 17.3 Å². The van der Waals surface area contributed by atoms with Gasteiger partial charge in [-0.1, -0.05) is 6.07 Å². The molecule has 2 aromatic rings. The van der Waals surface area contributed by atoms with E-state index in [1.807, 2.05) is 18.2 Å². The maximum atomic E-state index is 12.3. The van der Waals surface area contributed by atoms with Crippen LogP contribution in [-0.2, 0) is 0 Å². The van der Waals surface area contributed by atoms with Gasteiger partial charge in [0.05, 0.1) is 12.7 Å².